The molecule has 0 aromatic rings. The molecule has 350 valence electrons. The maximum Gasteiger partial charge on any atom is 0.156 e. The summed E-state index contributed by atoms with van der Waals surface area (Å²) < 4.78 is 21.6. The van der Waals surface area contributed by atoms with Gasteiger partial charge in [0.1, 0.15) is 0 Å². The monoisotopic (exact) mass is 823 g/mol. The van der Waals surface area contributed by atoms with E-state index in [1.54, 1.807) is 28.4 Å². The third-order valence-electron chi connectivity index (χ3n) is 13.8. The zero-order valence-electron chi connectivity index (χ0n) is 41.2. The number of hydrogen-bond donors (Lipinski definition) is 0. The minimum absolute atomic E-state index is 0.0246. The maximum atomic E-state index is 5.40. The Balaban J connectivity index is 5.62. The fraction of sp³-hybridized carbons (Fsp3) is 1.00. The van der Waals surface area contributed by atoms with Crippen LogP contribution in [0.15, 0.2) is 0 Å². The van der Waals surface area contributed by atoms with E-state index in [9.17, 15) is 0 Å². The van der Waals surface area contributed by atoms with E-state index in [1.165, 1.54) is 257 Å². The minimum Gasteiger partial charge on any atom is -0.356 e. The Hall–Kier alpha value is -0.160. The van der Waals surface area contributed by atoms with Gasteiger partial charge in [-0.05, 0) is 49.9 Å². The highest BCUT2D eigenvalue weighted by Gasteiger charge is 2.28. The molecule has 2 atom stereocenters. The lowest BCUT2D eigenvalue weighted by Crippen LogP contribution is -2.25. The van der Waals surface area contributed by atoms with Crippen molar-refractivity contribution < 1.29 is 18.9 Å². The quantitative estimate of drug-likeness (QED) is 0.0452. The summed E-state index contributed by atoms with van der Waals surface area (Å²) in [7, 11) is 7.05. The van der Waals surface area contributed by atoms with Crippen LogP contribution in [0.5, 0.6) is 0 Å². The standard InChI is InChI=1S/C54H110O4/c1-8-11-14-17-22-29-36-43-50(45-38-31-25-20-27-34-41-48-53(55-4)56-5)52(47-40-33-24-19-16-13-10-3)51(44-37-30-23-18-15-12-9-2)46-39-32-26-21-28-35-42-49-54(57-6)58-7/h50-54H,8-49H2,1-7H3. The van der Waals surface area contributed by atoms with Gasteiger partial charge in [-0.25, -0.2) is 0 Å². The van der Waals surface area contributed by atoms with E-state index in [0.29, 0.717) is 0 Å². The molecule has 0 saturated heterocycles. The fourth-order valence-electron chi connectivity index (χ4n) is 9.93. The Morgan fingerprint density at radius 2 is 0.414 bits per heavy atom. The van der Waals surface area contributed by atoms with Crippen molar-refractivity contribution in [3.63, 3.8) is 0 Å². The van der Waals surface area contributed by atoms with Crippen LogP contribution in [0.3, 0.4) is 0 Å². The average molecular weight is 823 g/mol. The lowest BCUT2D eigenvalue weighted by Gasteiger charge is -2.35. The van der Waals surface area contributed by atoms with Crippen molar-refractivity contribution in [1.29, 1.82) is 0 Å². The molecule has 0 amide bonds. The van der Waals surface area contributed by atoms with Crippen molar-refractivity contribution in [1.82, 2.24) is 0 Å². The van der Waals surface area contributed by atoms with Crippen LogP contribution >= 0.6 is 0 Å². The first-order valence-electron chi connectivity index (χ1n) is 26.7. The third-order valence-corrected chi connectivity index (χ3v) is 13.8. The fourth-order valence-corrected chi connectivity index (χ4v) is 9.93. The average Bonchev–Trinajstić information content (AvgIpc) is 3.24. The Bertz CT molecular complexity index is 685. The second-order valence-electron chi connectivity index (χ2n) is 18.8. The molecular weight excluding hydrogens is 713 g/mol. The van der Waals surface area contributed by atoms with Gasteiger partial charge in [-0.15, -0.1) is 0 Å². The Morgan fingerprint density at radius 1 is 0.224 bits per heavy atom. The van der Waals surface area contributed by atoms with Crippen molar-refractivity contribution in [3.05, 3.63) is 0 Å². The molecule has 58 heavy (non-hydrogen) atoms. The first kappa shape index (κ1) is 57.8. The second kappa shape index (κ2) is 47.9. The van der Waals surface area contributed by atoms with Crippen molar-refractivity contribution in [2.75, 3.05) is 28.4 Å². The molecule has 0 fully saturated rings. The van der Waals surface area contributed by atoms with Crippen molar-refractivity contribution in [3.8, 4) is 0 Å². The Labute approximate surface area is 367 Å². The predicted molar refractivity (Wildman–Crippen MR) is 257 cm³/mol. The molecule has 2 unspecified atom stereocenters. The highest BCUT2D eigenvalue weighted by Crippen LogP contribution is 2.40. The summed E-state index contributed by atoms with van der Waals surface area (Å²) in [5.41, 5.74) is 0. The zero-order valence-corrected chi connectivity index (χ0v) is 41.2. The van der Waals surface area contributed by atoms with Crippen LogP contribution in [0.2, 0.25) is 0 Å². The SMILES string of the molecule is CCCCCCCCCC(CCCCCCCCCC(OC)OC)C(CCCCCCCCC)C(CCCCCCCCC)CCCCCCCCCC(OC)OC. The summed E-state index contributed by atoms with van der Waals surface area (Å²) in [6, 6.07) is 0. The summed E-state index contributed by atoms with van der Waals surface area (Å²) in [6.45, 7) is 7.05. The predicted octanol–water partition coefficient (Wildman–Crippen LogP) is 18.5. The molecule has 0 radical (unpaired) electrons. The normalized spacial score (nSPS) is 13.6. The summed E-state index contributed by atoms with van der Waals surface area (Å²) in [4.78, 5) is 0. The molecule has 0 N–H and O–H groups in total. The van der Waals surface area contributed by atoms with Crippen LogP contribution in [0.4, 0.5) is 0 Å². The van der Waals surface area contributed by atoms with Gasteiger partial charge in [0.25, 0.3) is 0 Å². The summed E-state index contributed by atoms with van der Waals surface area (Å²) in [6.07, 6.45) is 59.1. The van der Waals surface area contributed by atoms with Gasteiger partial charge < -0.3 is 18.9 Å². The van der Waals surface area contributed by atoms with Crippen LogP contribution in [0, 0.1) is 17.8 Å². The van der Waals surface area contributed by atoms with E-state index in [-0.39, 0.29) is 12.6 Å². The lowest BCUT2D eigenvalue weighted by molar-refractivity contribution is -0.107. The molecule has 0 heterocycles. The van der Waals surface area contributed by atoms with Gasteiger partial charge in [0, 0.05) is 28.4 Å². The van der Waals surface area contributed by atoms with Gasteiger partial charge in [0.05, 0.1) is 0 Å². The van der Waals surface area contributed by atoms with E-state index in [1.807, 2.05) is 0 Å². The molecule has 4 nitrogen and oxygen atoms in total. The van der Waals surface area contributed by atoms with Crippen LogP contribution in [-0.2, 0) is 18.9 Å². The third kappa shape index (κ3) is 37.6. The molecule has 0 saturated carbocycles. The number of methoxy groups -OCH3 is 4. The van der Waals surface area contributed by atoms with Gasteiger partial charge in [0.15, 0.2) is 12.6 Å². The van der Waals surface area contributed by atoms with Crippen LogP contribution in [0.25, 0.3) is 0 Å². The topological polar surface area (TPSA) is 36.9 Å². The first-order chi connectivity index (χ1) is 28.6. The van der Waals surface area contributed by atoms with E-state index in [2.05, 4.69) is 20.8 Å². The minimum atomic E-state index is -0.0246. The van der Waals surface area contributed by atoms with E-state index in [0.717, 1.165) is 30.6 Å². The van der Waals surface area contributed by atoms with Crippen LogP contribution < -0.4 is 0 Å². The smallest absolute Gasteiger partial charge is 0.156 e. The van der Waals surface area contributed by atoms with Gasteiger partial charge in [-0.1, -0.05) is 258 Å². The molecule has 0 bridgehead atoms. The maximum absolute atomic E-state index is 5.40. The molecule has 0 aromatic heterocycles. The highest BCUT2D eigenvalue weighted by molar-refractivity contribution is 4.79. The molecule has 0 aromatic carbocycles. The highest BCUT2D eigenvalue weighted by atomic mass is 16.7. The second-order valence-corrected chi connectivity index (χ2v) is 18.8. The van der Waals surface area contributed by atoms with Crippen LogP contribution in [-0.4, -0.2) is 41.0 Å². The largest absolute Gasteiger partial charge is 0.356 e. The van der Waals surface area contributed by atoms with E-state index < -0.39 is 0 Å². The number of ether oxygens (including phenoxy) is 4. The van der Waals surface area contributed by atoms with E-state index in [4.69, 9.17) is 18.9 Å². The number of hydrogen-bond acceptors (Lipinski definition) is 4. The van der Waals surface area contributed by atoms with Crippen LogP contribution in [0.1, 0.15) is 290 Å². The molecule has 0 aliphatic rings. The van der Waals surface area contributed by atoms with Gasteiger partial charge in [-0.2, -0.15) is 0 Å². The number of rotatable bonds is 50. The number of unbranched alkanes of at least 4 members (excludes halogenated alkanes) is 30. The molecule has 0 aliphatic carbocycles. The Kier molecular flexibility index (Phi) is 47.7. The summed E-state index contributed by atoms with van der Waals surface area (Å²) in [5.74, 6) is 2.86. The zero-order chi connectivity index (χ0) is 42.4. The summed E-state index contributed by atoms with van der Waals surface area (Å²) >= 11 is 0. The molecule has 0 spiro atoms. The van der Waals surface area contributed by atoms with Crippen molar-refractivity contribution in [2.45, 2.75) is 303 Å². The van der Waals surface area contributed by atoms with Gasteiger partial charge >= 0.3 is 0 Å². The molecule has 0 rings (SSSR count). The Morgan fingerprint density at radius 3 is 0.638 bits per heavy atom. The van der Waals surface area contributed by atoms with Crippen molar-refractivity contribution in [2.24, 2.45) is 17.8 Å². The lowest BCUT2D eigenvalue weighted by atomic mass is 9.70. The molecular formula is C54H110O4. The van der Waals surface area contributed by atoms with Gasteiger partial charge in [0.2, 0.25) is 0 Å². The first-order valence-corrected chi connectivity index (χ1v) is 26.7. The van der Waals surface area contributed by atoms with Crippen molar-refractivity contribution >= 4 is 0 Å². The van der Waals surface area contributed by atoms with E-state index >= 15 is 0 Å². The van der Waals surface area contributed by atoms with Gasteiger partial charge in [-0.3, -0.25) is 0 Å². The molecule has 4 heteroatoms. The molecule has 0 aliphatic heterocycles. The summed E-state index contributed by atoms with van der Waals surface area (Å²) in [5, 5.41) is 0.